The molecule has 0 aliphatic rings. The lowest BCUT2D eigenvalue weighted by molar-refractivity contribution is 1.46. The van der Waals surface area contributed by atoms with E-state index in [0.29, 0.717) is 0 Å². The van der Waals surface area contributed by atoms with Gasteiger partial charge in [-0.3, -0.25) is 0 Å². The minimum absolute atomic E-state index is 0.947. The summed E-state index contributed by atoms with van der Waals surface area (Å²) in [5.74, 6) is 0. The zero-order chi connectivity index (χ0) is 45.2. The maximum absolute atomic E-state index is 6.33. The van der Waals surface area contributed by atoms with Gasteiger partial charge in [-0.2, -0.15) is 0 Å². The van der Waals surface area contributed by atoms with Crippen molar-refractivity contribution in [3.05, 3.63) is 273 Å². The Morgan fingerprint density at radius 1 is 0.147 bits per heavy atom. The third-order valence-electron chi connectivity index (χ3n) is 13.2. The first-order valence-electron chi connectivity index (χ1n) is 23.4. The number of pyridine rings is 1. The van der Waals surface area contributed by atoms with Gasteiger partial charge >= 0.3 is 0 Å². The van der Waals surface area contributed by atoms with Crippen LogP contribution in [0.25, 0.3) is 122 Å². The average molecular weight is 864 g/mol. The molecule has 0 aliphatic carbocycles. The average Bonchev–Trinajstić information content (AvgIpc) is 3.43. The smallest absolute Gasteiger partial charge is 0.0807 e. The van der Waals surface area contributed by atoms with E-state index in [9.17, 15) is 0 Å². The fourth-order valence-electron chi connectivity index (χ4n) is 10.4. The molecule has 12 rings (SSSR count). The molecule has 0 bridgehead atoms. The summed E-state index contributed by atoms with van der Waals surface area (Å²) in [6.07, 6.45) is 0. The number of fused-ring (bicyclic) bond motifs is 2. The lowest BCUT2D eigenvalue weighted by atomic mass is 9.75. The van der Waals surface area contributed by atoms with E-state index in [1.165, 1.54) is 11.1 Å². The normalized spacial score (nSPS) is 11.2. The number of hydrogen-bond acceptors (Lipinski definition) is 1. The molecule has 318 valence electrons. The van der Waals surface area contributed by atoms with Crippen molar-refractivity contribution in [1.29, 1.82) is 0 Å². The first kappa shape index (κ1) is 40.6. The van der Waals surface area contributed by atoms with Crippen molar-refractivity contribution in [2.24, 2.45) is 0 Å². The number of hydrogen-bond donors (Lipinski definition) is 0. The van der Waals surface area contributed by atoms with E-state index in [2.05, 4.69) is 273 Å². The van der Waals surface area contributed by atoms with Gasteiger partial charge in [-0.15, -0.1) is 0 Å². The van der Waals surface area contributed by atoms with Gasteiger partial charge in [0.2, 0.25) is 0 Å². The van der Waals surface area contributed by atoms with Crippen molar-refractivity contribution >= 4 is 21.8 Å². The minimum Gasteiger partial charge on any atom is -0.246 e. The van der Waals surface area contributed by atoms with Gasteiger partial charge in [0.05, 0.1) is 11.0 Å². The molecule has 0 radical (unpaired) electrons. The summed E-state index contributed by atoms with van der Waals surface area (Å²) in [5, 5.41) is 2.21. The lowest BCUT2D eigenvalue weighted by Gasteiger charge is -2.29. The fourth-order valence-corrected chi connectivity index (χ4v) is 10.4. The van der Waals surface area contributed by atoms with E-state index in [-0.39, 0.29) is 0 Å². The van der Waals surface area contributed by atoms with Crippen molar-refractivity contribution in [3.63, 3.8) is 0 Å². The first-order valence-corrected chi connectivity index (χ1v) is 23.4. The van der Waals surface area contributed by atoms with Crippen LogP contribution in [0, 0.1) is 0 Å². The highest BCUT2D eigenvalue weighted by molar-refractivity contribution is 6.30. The van der Waals surface area contributed by atoms with Crippen LogP contribution in [0.1, 0.15) is 0 Å². The number of rotatable bonds is 9. The van der Waals surface area contributed by atoms with Gasteiger partial charge in [-0.25, -0.2) is 4.98 Å². The highest BCUT2D eigenvalue weighted by Crippen LogP contribution is 2.58. The van der Waals surface area contributed by atoms with Crippen LogP contribution in [0.2, 0.25) is 0 Å². The molecule has 0 saturated carbocycles. The summed E-state index contributed by atoms with van der Waals surface area (Å²) in [6.45, 7) is 0. The predicted molar refractivity (Wildman–Crippen MR) is 288 cm³/mol. The third-order valence-corrected chi connectivity index (χ3v) is 13.2. The van der Waals surface area contributed by atoms with Crippen LogP contribution in [-0.4, -0.2) is 4.98 Å². The molecule has 11 aromatic carbocycles. The monoisotopic (exact) mass is 863 g/mol. The third kappa shape index (κ3) is 7.10. The molecule has 1 aromatic heterocycles. The molecule has 0 amide bonds. The Bertz CT molecular complexity index is 3460. The minimum atomic E-state index is 0.947. The molecular formula is C67H45N. The molecule has 1 heteroatoms. The van der Waals surface area contributed by atoms with E-state index in [0.717, 1.165) is 111 Å². The molecule has 68 heavy (non-hydrogen) atoms. The highest BCUT2D eigenvalue weighted by atomic mass is 14.7. The molecular weight excluding hydrogens is 819 g/mol. The van der Waals surface area contributed by atoms with Gasteiger partial charge in [-0.05, 0) is 61.2 Å². The molecule has 0 spiro atoms. The zero-order valence-electron chi connectivity index (χ0n) is 37.4. The molecule has 1 heterocycles. The summed E-state index contributed by atoms with van der Waals surface area (Å²) in [7, 11) is 0. The van der Waals surface area contributed by atoms with Crippen LogP contribution in [0.5, 0.6) is 0 Å². The Kier molecular flexibility index (Phi) is 10.6. The van der Waals surface area contributed by atoms with E-state index in [4.69, 9.17) is 4.98 Å². The molecule has 12 aromatic rings. The van der Waals surface area contributed by atoms with Gasteiger partial charge in [0, 0.05) is 49.7 Å². The summed E-state index contributed by atoms with van der Waals surface area (Å²) >= 11 is 0. The Hall–Kier alpha value is -8.91. The SMILES string of the molecule is c1ccc(-c2c(-c3ccccc3)c(-c3ccccc3)c3c(-c4ccccc4)c4c(-c5ccccc5)c(-c5ccccc5)c(-c5ccccc5)c(-c5ccccc5)c4nc3c2-c2ccccc2)cc1. The molecule has 0 unspecified atom stereocenters. The van der Waals surface area contributed by atoms with E-state index >= 15 is 0 Å². The largest absolute Gasteiger partial charge is 0.246 e. The molecule has 1 nitrogen and oxygen atoms in total. The molecule has 0 saturated heterocycles. The van der Waals surface area contributed by atoms with Gasteiger partial charge in [0.25, 0.3) is 0 Å². The topological polar surface area (TPSA) is 12.9 Å². The molecule has 0 atom stereocenters. The second-order valence-corrected chi connectivity index (χ2v) is 17.2. The van der Waals surface area contributed by atoms with Crippen LogP contribution in [0.3, 0.4) is 0 Å². The molecule has 0 N–H and O–H groups in total. The van der Waals surface area contributed by atoms with Crippen molar-refractivity contribution < 1.29 is 0 Å². The summed E-state index contributed by atoms with van der Waals surface area (Å²) < 4.78 is 0. The standard InChI is InChI=1S/C67H45N/c1-10-28-46(29-11-1)55-57(48-32-14-3-15-33-48)62(53-42-24-8-25-43-53)66-64(59(55)50-36-18-5-19-37-50)61(52-40-22-7-23-41-52)65-60(51-38-20-6-21-39-51)56(47-30-12-2-13-31-47)58(49-34-16-4-17-35-49)63(67(65)68-66)54-44-26-9-27-45-54/h1-45H. The second-order valence-electron chi connectivity index (χ2n) is 17.2. The van der Waals surface area contributed by atoms with Gasteiger partial charge < -0.3 is 0 Å². The van der Waals surface area contributed by atoms with Crippen LogP contribution < -0.4 is 0 Å². The van der Waals surface area contributed by atoms with Crippen molar-refractivity contribution in [2.75, 3.05) is 0 Å². The molecule has 0 aliphatic heterocycles. The predicted octanol–water partition coefficient (Wildman–Crippen LogP) is 18.4. The fraction of sp³-hybridized carbons (Fsp3) is 0. The quantitative estimate of drug-likeness (QED) is 0.132. The summed E-state index contributed by atoms with van der Waals surface area (Å²) in [6, 6.07) is 98.9. The van der Waals surface area contributed by atoms with Crippen LogP contribution >= 0.6 is 0 Å². The maximum Gasteiger partial charge on any atom is 0.0807 e. The number of aromatic nitrogens is 1. The highest BCUT2D eigenvalue weighted by Gasteiger charge is 2.32. The van der Waals surface area contributed by atoms with Crippen LogP contribution in [-0.2, 0) is 0 Å². The maximum atomic E-state index is 6.33. The number of nitrogens with zero attached hydrogens (tertiary/aromatic N) is 1. The van der Waals surface area contributed by atoms with E-state index in [1.54, 1.807) is 0 Å². The van der Waals surface area contributed by atoms with E-state index in [1.807, 2.05) is 0 Å². The second kappa shape index (κ2) is 17.8. The van der Waals surface area contributed by atoms with Crippen molar-refractivity contribution in [3.8, 4) is 100 Å². The van der Waals surface area contributed by atoms with Crippen molar-refractivity contribution in [2.45, 2.75) is 0 Å². The Morgan fingerprint density at radius 2 is 0.309 bits per heavy atom. The summed E-state index contributed by atoms with van der Waals surface area (Å²) in [4.78, 5) is 6.33. The van der Waals surface area contributed by atoms with Crippen molar-refractivity contribution in [1.82, 2.24) is 4.98 Å². The van der Waals surface area contributed by atoms with Gasteiger partial charge in [0.1, 0.15) is 0 Å². The summed E-state index contributed by atoms with van der Waals surface area (Å²) in [5.41, 5.74) is 22.3. The van der Waals surface area contributed by atoms with Gasteiger partial charge in [-0.1, -0.05) is 273 Å². The van der Waals surface area contributed by atoms with Crippen LogP contribution in [0.4, 0.5) is 0 Å². The Balaban J connectivity index is 1.48. The Labute approximate surface area is 398 Å². The lowest BCUT2D eigenvalue weighted by Crippen LogP contribution is -2.04. The van der Waals surface area contributed by atoms with Gasteiger partial charge in [0.15, 0.2) is 0 Å². The molecule has 0 fully saturated rings. The number of benzene rings is 11. The first-order chi connectivity index (χ1) is 33.8. The van der Waals surface area contributed by atoms with E-state index < -0.39 is 0 Å². The van der Waals surface area contributed by atoms with Crippen LogP contribution in [0.15, 0.2) is 273 Å². The zero-order valence-corrected chi connectivity index (χ0v) is 37.4. The Morgan fingerprint density at radius 3 is 0.529 bits per heavy atom.